The Morgan fingerprint density at radius 2 is 2.58 bits per heavy atom. The molecular weight excluding hydrogens is 154 g/mol. The average Bonchev–Trinajstić information content (AvgIpc) is 2.27. The monoisotopic (exact) mass is 170 g/mol. The molecule has 0 saturated carbocycles. The minimum atomic E-state index is -0.182. The van der Waals surface area contributed by atoms with Gasteiger partial charge in [0.25, 0.3) is 0 Å². The van der Waals surface area contributed by atoms with Gasteiger partial charge in [0.05, 0.1) is 19.3 Å². The quantitative estimate of drug-likeness (QED) is 0.524. The molecule has 0 radical (unpaired) electrons. The molecule has 1 saturated heterocycles. The highest BCUT2D eigenvalue weighted by molar-refractivity contribution is 5.15. The largest absolute Gasteiger partial charge is 0.393 e. The summed E-state index contributed by atoms with van der Waals surface area (Å²) < 4.78 is 5.79. The van der Waals surface area contributed by atoms with Gasteiger partial charge in [-0.3, -0.25) is 0 Å². The molecule has 2 aliphatic heterocycles. The van der Waals surface area contributed by atoms with Crippen molar-refractivity contribution in [2.45, 2.75) is 30.7 Å². The highest BCUT2D eigenvalue weighted by atomic mass is 16.5. The lowest BCUT2D eigenvalue weighted by Crippen LogP contribution is -2.84. The molecule has 1 fully saturated rings. The summed E-state index contributed by atoms with van der Waals surface area (Å²) in [6, 6.07) is 0. The number of hydrogen-bond donors (Lipinski definition) is 2. The van der Waals surface area contributed by atoms with E-state index in [1.165, 1.54) is 0 Å². The maximum absolute atomic E-state index is 9.55. The van der Waals surface area contributed by atoms with Gasteiger partial charge in [-0.05, 0) is 6.08 Å². The second-order valence-electron chi connectivity index (χ2n) is 3.79. The van der Waals surface area contributed by atoms with Crippen LogP contribution in [0.3, 0.4) is 0 Å². The Morgan fingerprint density at radius 1 is 1.75 bits per heavy atom. The lowest BCUT2D eigenvalue weighted by molar-refractivity contribution is -0.640. The van der Waals surface area contributed by atoms with Crippen molar-refractivity contribution in [3.8, 4) is 0 Å². The number of aliphatic hydroxyl groups excluding tert-OH is 1. The molecular formula is C9H16NO2+. The Hall–Kier alpha value is -0.380. The van der Waals surface area contributed by atoms with Gasteiger partial charge in [0, 0.05) is 12.8 Å². The van der Waals surface area contributed by atoms with E-state index in [4.69, 9.17) is 4.74 Å². The van der Waals surface area contributed by atoms with Crippen LogP contribution in [0.5, 0.6) is 0 Å². The summed E-state index contributed by atoms with van der Waals surface area (Å²) >= 11 is 0. The summed E-state index contributed by atoms with van der Waals surface area (Å²) in [6.07, 6.45) is 5.70. The zero-order valence-corrected chi connectivity index (χ0v) is 7.36. The fourth-order valence-corrected chi connectivity index (χ4v) is 2.20. The van der Waals surface area contributed by atoms with Crippen LogP contribution >= 0.6 is 0 Å². The predicted octanol–water partition coefficient (Wildman–Crippen LogP) is -0.972. The van der Waals surface area contributed by atoms with E-state index in [1.807, 2.05) is 7.05 Å². The van der Waals surface area contributed by atoms with Gasteiger partial charge >= 0.3 is 0 Å². The number of nitrogens with two attached hydrogens (primary N) is 1. The number of fused-ring (bicyclic) bond motifs is 2. The van der Waals surface area contributed by atoms with Crippen LogP contribution in [0.15, 0.2) is 12.2 Å². The van der Waals surface area contributed by atoms with E-state index in [9.17, 15) is 5.11 Å². The Morgan fingerprint density at radius 3 is 3.33 bits per heavy atom. The van der Waals surface area contributed by atoms with Crippen LogP contribution in [0.2, 0.25) is 0 Å². The molecule has 3 N–H and O–H groups in total. The maximum atomic E-state index is 9.55. The van der Waals surface area contributed by atoms with Crippen LogP contribution in [0.25, 0.3) is 0 Å². The minimum Gasteiger partial charge on any atom is -0.393 e. The van der Waals surface area contributed by atoms with Gasteiger partial charge in [0.2, 0.25) is 0 Å². The number of likely N-dealkylation sites (N-methyl/N-ethyl adjacent to an activating group) is 1. The summed E-state index contributed by atoms with van der Waals surface area (Å²) in [5, 5.41) is 11.6. The molecule has 2 heterocycles. The van der Waals surface area contributed by atoms with Crippen LogP contribution in [0.4, 0.5) is 0 Å². The second kappa shape index (κ2) is 2.83. The summed E-state index contributed by atoms with van der Waals surface area (Å²) in [6.45, 7) is 0.914. The first-order valence-electron chi connectivity index (χ1n) is 4.57. The number of quaternary nitrogens is 1. The number of ether oxygens (including phenoxy) is 1. The molecule has 2 rings (SSSR count). The van der Waals surface area contributed by atoms with Gasteiger partial charge in [0.15, 0.2) is 0 Å². The van der Waals surface area contributed by atoms with Crippen molar-refractivity contribution in [1.29, 1.82) is 0 Å². The van der Waals surface area contributed by atoms with Crippen LogP contribution in [0.1, 0.15) is 12.8 Å². The second-order valence-corrected chi connectivity index (χ2v) is 3.79. The number of hydrogen-bond acceptors (Lipinski definition) is 2. The van der Waals surface area contributed by atoms with Gasteiger partial charge in [-0.15, -0.1) is 0 Å². The smallest absolute Gasteiger partial charge is 0.138 e. The number of aliphatic hydroxyl groups is 1. The van der Waals surface area contributed by atoms with E-state index in [0.29, 0.717) is 0 Å². The normalized spacial score (nSPS) is 45.2. The van der Waals surface area contributed by atoms with Crippen molar-refractivity contribution in [3.05, 3.63) is 12.2 Å². The van der Waals surface area contributed by atoms with Crippen molar-refractivity contribution in [2.75, 3.05) is 13.6 Å². The molecule has 3 nitrogen and oxygen atoms in total. The molecule has 0 spiro atoms. The zero-order valence-electron chi connectivity index (χ0n) is 7.36. The summed E-state index contributed by atoms with van der Waals surface area (Å²) in [5.41, 5.74) is -0.170. The SMILES string of the molecule is C[NH2+]C[C@@]12C=C[C@H](C[C@H](O)C1)O2. The number of rotatable bonds is 2. The van der Waals surface area contributed by atoms with E-state index in [-0.39, 0.29) is 17.8 Å². The summed E-state index contributed by atoms with van der Waals surface area (Å²) in [7, 11) is 2.03. The summed E-state index contributed by atoms with van der Waals surface area (Å²) in [5.74, 6) is 0. The Kier molecular flexibility index (Phi) is 1.94. The third kappa shape index (κ3) is 1.28. The molecule has 0 unspecified atom stereocenters. The van der Waals surface area contributed by atoms with Crippen molar-refractivity contribution in [3.63, 3.8) is 0 Å². The van der Waals surface area contributed by atoms with Crippen LogP contribution < -0.4 is 5.32 Å². The van der Waals surface area contributed by atoms with Gasteiger partial charge in [-0.1, -0.05) is 6.08 Å². The van der Waals surface area contributed by atoms with Crippen molar-refractivity contribution < 1.29 is 15.2 Å². The Bertz CT molecular complexity index is 205. The highest BCUT2D eigenvalue weighted by Gasteiger charge is 2.43. The molecule has 0 aromatic rings. The standard InChI is InChI=1S/C9H15NO2/c1-10-6-9-3-2-8(12-9)4-7(11)5-9/h2-3,7-8,10-11H,4-6H2,1H3/p+1/t7-,8+,9+/m0/s1. The first kappa shape index (κ1) is 8.23. The third-order valence-corrected chi connectivity index (χ3v) is 2.64. The molecule has 3 atom stereocenters. The van der Waals surface area contributed by atoms with Crippen LogP contribution in [0, 0.1) is 0 Å². The van der Waals surface area contributed by atoms with E-state index >= 15 is 0 Å². The molecule has 0 amide bonds. The molecule has 0 aromatic carbocycles. The molecule has 68 valence electrons. The lowest BCUT2D eigenvalue weighted by Gasteiger charge is -2.34. The highest BCUT2D eigenvalue weighted by Crippen LogP contribution is 2.35. The lowest BCUT2D eigenvalue weighted by atomic mass is 9.94. The Labute approximate surface area is 72.4 Å². The van der Waals surface area contributed by atoms with Gasteiger partial charge in [-0.25, -0.2) is 0 Å². The van der Waals surface area contributed by atoms with E-state index < -0.39 is 0 Å². The van der Waals surface area contributed by atoms with Crippen LogP contribution in [-0.2, 0) is 4.74 Å². The minimum absolute atomic E-state index is 0.161. The van der Waals surface area contributed by atoms with Crippen LogP contribution in [-0.4, -0.2) is 36.5 Å². The fraction of sp³-hybridized carbons (Fsp3) is 0.778. The van der Waals surface area contributed by atoms with Crippen molar-refractivity contribution >= 4 is 0 Å². The van der Waals surface area contributed by atoms with E-state index in [0.717, 1.165) is 19.4 Å². The van der Waals surface area contributed by atoms with Gasteiger partial charge < -0.3 is 15.2 Å². The summed E-state index contributed by atoms with van der Waals surface area (Å²) in [4.78, 5) is 0. The first-order chi connectivity index (χ1) is 5.74. The average molecular weight is 170 g/mol. The van der Waals surface area contributed by atoms with Gasteiger partial charge in [0.1, 0.15) is 12.1 Å². The topological polar surface area (TPSA) is 46.1 Å². The molecule has 2 bridgehead atoms. The van der Waals surface area contributed by atoms with E-state index in [1.54, 1.807) is 0 Å². The van der Waals surface area contributed by atoms with E-state index in [2.05, 4.69) is 17.5 Å². The maximum Gasteiger partial charge on any atom is 0.138 e. The molecule has 0 aromatic heterocycles. The zero-order chi connectivity index (χ0) is 8.60. The van der Waals surface area contributed by atoms with Crippen molar-refractivity contribution in [1.82, 2.24) is 0 Å². The first-order valence-corrected chi connectivity index (χ1v) is 4.57. The molecule has 0 aliphatic carbocycles. The third-order valence-electron chi connectivity index (χ3n) is 2.64. The molecule has 3 heteroatoms. The molecule has 12 heavy (non-hydrogen) atoms. The Balaban J connectivity index is 2.10. The van der Waals surface area contributed by atoms with Gasteiger partial charge in [-0.2, -0.15) is 0 Å². The predicted molar refractivity (Wildman–Crippen MR) is 44.7 cm³/mol. The fourth-order valence-electron chi connectivity index (χ4n) is 2.20. The van der Waals surface area contributed by atoms with Crippen molar-refractivity contribution in [2.24, 2.45) is 0 Å². The molecule has 2 aliphatic rings.